The lowest BCUT2D eigenvalue weighted by atomic mass is 10.2. The summed E-state index contributed by atoms with van der Waals surface area (Å²) in [5.74, 6) is 0.677. The summed E-state index contributed by atoms with van der Waals surface area (Å²) >= 11 is 5.95. The molecule has 1 N–H and O–H groups in total. The Labute approximate surface area is 115 Å². The molecule has 0 unspecified atom stereocenters. The van der Waals surface area contributed by atoms with Crippen LogP contribution in [0.15, 0.2) is 35.3 Å². The Morgan fingerprint density at radius 2 is 2.21 bits per heavy atom. The summed E-state index contributed by atoms with van der Waals surface area (Å²) in [6.45, 7) is 0.312. The van der Waals surface area contributed by atoms with Gasteiger partial charge in [0, 0.05) is 23.7 Å². The first-order valence-corrected chi connectivity index (χ1v) is 6.09. The Balaban J connectivity index is 2.36. The largest absolute Gasteiger partial charge is 0.496 e. The predicted octanol–water partition coefficient (Wildman–Crippen LogP) is 2.00. The molecule has 19 heavy (non-hydrogen) atoms. The molecule has 0 bridgehead atoms. The van der Waals surface area contributed by atoms with Crippen molar-refractivity contribution >= 4 is 17.3 Å². The van der Waals surface area contributed by atoms with E-state index in [1.807, 2.05) is 0 Å². The summed E-state index contributed by atoms with van der Waals surface area (Å²) in [6.07, 6.45) is 1.60. The number of hydrogen-bond donors (Lipinski definition) is 1. The van der Waals surface area contributed by atoms with Crippen LogP contribution in [0.3, 0.4) is 0 Å². The fraction of sp³-hybridized carbons (Fsp3) is 0.231. The second-order valence-electron chi connectivity index (χ2n) is 3.95. The number of benzene rings is 1. The summed E-state index contributed by atoms with van der Waals surface area (Å²) in [5.41, 5.74) is 1.30. The van der Waals surface area contributed by atoms with Crippen LogP contribution in [-0.4, -0.2) is 23.9 Å². The van der Waals surface area contributed by atoms with Crippen LogP contribution in [0.4, 0.5) is 5.69 Å². The molecular weight excluding hydrogens is 266 g/mol. The van der Waals surface area contributed by atoms with Gasteiger partial charge in [0.05, 0.1) is 25.5 Å². The topological polar surface area (TPSA) is 56.1 Å². The molecule has 1 aromatic carbocycles. The van der Waals surface area contributed by atoms with Crippen molar-refractivity contribution in [1.29, 1.82) is 0 Å². The molecule has 6 heteroatoms. The molecule has 2 aromatic rings. The lowest BCUT2D eigenvalue weighted by Crippen LogP contribution is -2.23. The number of anilines is 1. The highest BCUT2D eigenvalue weighted by molar-refractivity contribution is 6.30. The molecule has 0 spiro atoms. The van der Waals surface area contributed by atoms with E-state index in [1.165, 1.54) is 10.7 Å². The molecule has 0 aliphatic carbocycles. The van der Waals surface area contributed by atoms with Crippen molar-refractivity contribution in [3.05, 3.63) is 51.4 Å². The Hall–Kier alpha value is -2.01. The predicted molar refractivity (Wildman–Crippen MR) is 75.1 cm³/mol. The van der Waals surface area contributed by atoms with E-state index >= 15 is 0 Å². The molecule has 0 saturated carbocycles. The number of rotatable bonds is 4. The average molecular weight is 280 g/mol. The Morgan fingerprint density at radius 1 is 1.42 bits per heavy atom. The molecule has 0 fully saturated rings. The fourth-order valence-corrected chi connectivity index (χ4v) is 1.92. The van der Waals surface area contributed by atoms with E-state index in [-0.39, 0.29) is 5.56 Å². The molecule has 0 aliphatic heterocycles. The van der Waals surface area contributed by atoms with E-state index < -0.39 is 0 Å². The van der Waals surface area contributed by atoms with Crippen LogP contribution in [0.25, 0.3) is 0 Å². The van der Waals surface area contributed by atoms with Gasteiger partial charge in [0.15, 0.2) is 0 Å². The molecule has 0 radical (unpaired) electrons. The van der Waals surface area contributed by atoms with Gasteiger partial charge >= 0.3 is 0 Å². The van der Waals surface area contributed by atoms with Crippen LogP contribution in [0.5, 0.6) is 5.75 Å². The monoisotopic (exact) mass is 279 g/mol. The maximum atomic E-state index is 11.9. The molecule has 0 aliphatic rings. The highest BCUT2D eigenvalue weighted by atomic mass is 35.5. The zero-order chi connectivity index (χ0) is 13.8. The third-order valence-electron chi connectivity index (χ3n) is 2.72. The van der Waals surface area contributed by atoms with Gasteiger partial charge in [-0.25, -0.2) is 4.68 Å². The number of nitrogens with one attached hydrogen (secondary N) is 1. The van der Waals surface area contributed by atoms with E-state index in [1.54, 1.807) is 38.6 Å². The highest BCUT2D eigenvalue weighted by Gasteiger charge is 2.07. The number of methoxy groups -OCH3 is 1. The molecule has 0 saturated heterocycles. The van der Waals surface area contributed by atoms with Crippen molar-refractivity contribution in [2.75, 3.05) is 19.5 Å². The van der Waals surface area contributed by atoms with Crippen LogP contribution in [-0.2, 0) is 6.54 Å². The van der Waals surface area contributed by atoms with Crippen LogP contribution in [0.2, 0.25) is 5.02 Å². The molecule has 1 aromatic heterocycles. The minimum absolute atomic E-state index is 0.186. The van der Waals surface area contributed by atoms with E-state index in [0.29, 0.717) is 23.0 Å². The van der Waals surface area contributed by atoms with Crippen molar-refractivity contribution in [2.45, 2.75) is 6.54 Å². The van der Waals surface area contributed by atoms with Crippen LogP contribution < -0.4 is 15.6 Å². The van der Waals surface area contributed by atoms with E-state index in [9.17, 15) is 4.79 Å². The first kappa shape index (κ1) is 13.4. The smallest absolute Gasteiger partial charge is 0.269 e. The zero-order valence-corrected chi connectivity index (χ0v) is 11.4. The molecule has 5 nitrogen and oxygen atoms in total. The van der Waals surface area contributed by atoms with Crippen molar-refractivity contribution < 1.29 is 4.74 Å². The third kappa shape index (κ3) is 3.06. The molecule has 1 heterocycles. The van der Waals surface area contributed by atoms with E-state index in [2.05, 4.69) is 10.4 Å². The Kier molecular flexibility index (Phi) is 4.06. The minimum atomic E-state index is -0.186. The van der Waals surface area contributed by atoms with Crippen LogP contribution >= 0.6 is 11.6 Å². The van der Waals surface area contributed by atoms with Crippen molar-refractivity contribution in [1.82, 2.24) is 9.78 Å². The first-order valence-electron chi connectivity index (χ1n) is 5.71. The van der Waals surface area contributed by atoms with Gasteiger partial charge < -0.3 is 10.1 Å². The maximum Gasteiger partial charge on any atom is 0.269 e. The van der Waals surface area contributed by atoms with Crippen molar-refractivity contribution in [3.8, 4) is 5.75 Å². The Bertz CT molecular complexity index is 640. The van der Waals surface area contributed by atoms with Gasteiger partial charge in [-0.3, -0.25) is 4.79 Å². The zero-order valence-electron chi connectivity index (χ0n) is 10.7. The quantitative estimate of drug-likeness (QED) is 0.930. The number of nitrogens with zero attached hydrogens (tertiary/aromatic N) is 2. The standard InChI is InChI=1S/C13H14ClN3O2/c1-15-11-6-13(18)17(16-7-11)8-9-5-10(14)3-4-12(9)19-2/h3-7,15H,8H2,1-2H3. The molecular formula is C13H14ClN3O2. The summed E-state index contributed by atoms with van der Waals surface area (Å²) in [7, 11) is 3.31. The summed E-state index contributed by atoms with van der Waals surface area (Å²) in [5, 5.41) is 7.55. The number of halogens is 1. The fourth-order valence-electron chi connectivity index (χ4n) is 1.72. The van der Waals surface area contributed by atoms with Gasteiger partial charge in [0.25, 0.3) is 5.56 Å². The SMILES string of the molecule is CNc1cnn(Cc2cc(Cl)ccc2OC)c(=O)c1. The average Bonchev–Trinajstić information content (AvgIpc) is 2.41. The number of ether oxygens (including phenoxy) is 1. The van der Waals surface area contributed by atoms with Gasteiger partial charge in [-0.1, -0.05) is 11.6 Å². The van der Waals surface area contributed by atoms with Crippen molar-refractivity contribution in [3.63, 3.8) is 0 Å². The van der Waals surface area contributed by atoms with Gasteiger partial charge in [-0.15, -0.1) is 0 Å². The van der Waals surface area contributed by atoms with Gasteiger partial charge in [0.2, 0.25) is 0 Å². The van der Waals surface area contributed by atoms with Crippen LogP contribution in [0.1, 0.15) is 5.56 Å². The lowest BCUT2D eigenvalue weighted by Gasteiger charge is -2.10. The summed E-state index contributed by atoms with van der Waals surface area (Å²) < 4.78 is 6.60. The van der Waals surface area contributed by atoms with E-state index in [4.69, 9.17) is 16.3 Å². The van der Waals surface area contributed by atoms with Gasteiger partial charge in [-0.05, 0) is 18.2 Å². The normalized spacial score (nSPS) is 10.3. The van der Waals surface area contributed by atoms with Crippen molar-refractivity contribution in [2.24, 2.45) is 0 Å². The lowest BCUT2D eigenvalue weighted by molar-refractivity contribution is 0.407. The molecule has 0 atom stereocenters. The second-order valence-corrected chi connectivity index (χ2v) is 4.38. The molecule has 0 amide bonds. The van der Waals surface area contributed by atoms with Gasteiger partial charge in [-0.2, -0.15) is 5.10 Å². The molecule has 2 rings (SSSR count). The summed E-state index contributed by atoms with van der Waals surface area (Å²) in [6, 6.07) is 6.76. The maximum absolute atomic E-state index is 11.9. The van der Waals surface area contributed by atoms with E-state index in [0.717, 1.165) is 5.56 Å². The first-order chi connectivity index (χ1) is 9.13. The third-order valence-corrected chi connectivity index (χ3v) is 2.96. The number of hydrogen-bond acceptors (Lipinski definition) is 4. The van der Waals surface area contributed by atoms with Crippen LogP contribution in [0, 0.1) is 0 Å². The number of aromatic nitrogens is 2. The highest BCUT2D eigenvalue weighted by Crippen LogP contribution is 2.22. The Morgan fingerprint density at radius 3 is 2.84 bits per heavy atom. The minimum Gasteiger partial charge on any atom is -0.496 e. The summed E-state index contributed by atoms with van der Waals surface area (Å²) in [4.78, 5) is 11.9. The molecule has 100 valence electrons. The van der Waals surface area contributed by atoms with Gasteiger partial charge in [0.1, 0.15) is 5.75 Å². The second kappa shape index (κ2) is 5.75.